The summed E-state index contributed by atoms with van der Waals surface area (Å²) in [6, 6.07) is 0. The van der Waals surface area contributed by atoms with E-state index in [4.69, 9.17) is 4.74 Å². The molecular formula is C24H49NO4S. The lowest BCUT2D eigenvalue weighted by Gasteiger charge is -2.21. The van der Waals surface area contributed by atoms with E-state index in [1.165, 1.54) is 11.8 Å². The Morgan fingerprint density at radius 1 is 0.700 bits per heavy atom. The van der Waals surface area contributed by atoms with Crippen molar-refractivity contribution in [2.45, 2.75) is 120 Å². The lowest BCUT2D eigenvalue weighted by Crippen LogP contribution is -2.42. The maximum atomic E-state index is 11.1. The van der Waals surface area contributed by atoms with Crippen LogP contribution in [0, 0.1) is 17.8 Å². The Labute approximate surface area is 190 Å². The summed E-state index contributed by atoms with van der Waals surface area (Å²) < 4.78 is 5.13. The van der Waals surface area contributed by atoms with Crippen LogP contribution < -0.4 is 5.32 Å². The predicted molar refractivity (Wildman–Crippen MR) is 131 cm³/mol. The Morgan fingerprint density at radius 2 is 1.10 bits per heavy atom. The number of thioether (sulfide) groups is 1. The molecule has 0 aliphatic heterocycles. The molecule has 0 unspecified atom stereocenters. The molecule has 0 aromatic heterocycles. The summed E-state index contributed by atoms with van der Waals surface area (Å²) in [7, 11) is 0. The number of nitrogens with one attached hydrogen (secondary N) is 1. The summed E-state index contributed by atoms with van der Waals surface area (Å²) in [5, 5.41) is 3.16. The number of hydrogen-bond acceptors (Lipinski definition) is 5. The summed E-state index contributed by atoms with van der Waals surface area (Å²) in [5.41, 5.74) is -0.442. The van der Waals surface area contributed by atoms with Gasteiger partial charge in [-0.1, -0.05) is 74.1 Å². The SMILES string of the molecule is CC(C)C(=O)NC(C)(C)C.CC(C)C(=O)OC(C)(C)C.CC(C)C(=O)SC(C)(C)C. The highest BCUT2D eigenvalue weighted by Crippen LogP contribution is 2.26. The molecule has 0 aromatic carbocycles. The quantitative estimate of drug-likeness (QED) is 0.518. The monoisotopic (exact) mass is 447 g/mol. The first-order chi connectivity index (χ1) is 13.0. The molecule has 1 amide bonds. The molecule has 30 heavy (non-hydrogen) atoms. The highest BCUT2D eigenvalue weighted by atomic mass is 32.2. The average molecular weight is 448 g/mol. The maximum Gasteiger partial charge on any atom is 0.308 e. The highest BCUT2D eigenvalue weighted by molar-refractivity contribution is 8.14. The van der Waals surface area contributed by atoms with Crippen LogP contribution in [-0.4, -0.2) is 32.9 Å². The van der Waals surface area contributed by atoms with Crippen molar-refractivity contribution >= 4 is 28.8 Å². The summed E-state index contributed by atoms with van der Waals surface area (Å²) in [6.07, 6.45) is 0. The molecule has 0 saturated heterocycles. The Bertz CT molecular complexity index is 443. The van der Waals surface area contributed by atoms with E-state index in [9.17, 15) is 14.4 Å². The zero-order valence-electron chi connectivity index (χ0n) is 22.3. The summed E-state index contributed by atoms with van der Waals surface area (Å²) in [4.78, 5) is 33.1. The van der Waals surface area contributed by atoms with E-state index in [0.29, 0.717) is 0 Å². The van der Waals surface area contributed by atoms with Crippen molar-refractivity contribution in [3.8, 4) is 0 Å². The molecule has 0 aliphatic carbocycles. The minimum Gasteiger partial charge on any atom is -0.460 e. The van der Waals surface area contributed by atoms with Gasteiger partial charge in [0.25, 0.3) is 0 Å². The van der Waals surface area contributed by atoms with E-state index >= 15 is 0 Å². The summed E-state index contributed by atoms with van der Waals surface area (Å²) in [5.74, 6) is 0.197. The van der Waals surface area contributed by atoms with Crippen molar-refractivity contribution in [2.24, 2.45) is 17.8 Å². The molecule has 0 spiro atoms. The molecule has 0 rings (SSSR count). The second kappa shape index (κ2) is 14.1. The average Bonchev–Trinajstić information content (AvgIpc) is 2.42. The number of rotatable bonds is 3. The second-order valence-corrected chi connectivity index (χ2v) is 13.1. The Hall–Kier alpha value is -1.04. The molecule has 0 radical (unpaired) electrons. The first-order valence-electron chi connectivity index (χ1n) is 10.8. The largest absolute Gasteiger partial charge is 0.460 e. The van der Waals surface area contributed by atoms with E-state index in [2.05, 4.69) is 26.1 Å². The third-order valence-corrected chi connectivity index (χ3v) is 4.06. The van der Waals surface area contributed by atoms with E-state index in [1.54, 1.807) is 0 Å². The van der Waals surface area contributed by atoms with Crippen LogP contribution in [-0.2, 0) is 19.1 Å². The molecular weight excluding hydrogens is 398 g/mol. The molecule has 0 heterocycles. The first-order valence-corrected chi connectivity index (χ1v) is 11.6. The normalized spacial score (nSPS) is 11.9. The van der Waals surface area contributed by atoms with Gasteiger partial charge in [0.15, 0.2) is 5.12 Å². The van der Waals surface area contributed by atoms with Gasteiger partial charge in [-0.2, -0.15) is 0 Å². The van der Waals surface area contributed by atoms with Crippen LogP contribution in [0.25, 0.3) is 0 Å². The number of carbonyl (C=O) groups excluding carboxylic acids is 3. The van der Waals surface area contributed by atoms with E-state index in [0.717, 1.165) is 0 Å². The Balaban J connectivity index is -0.000000364. The van der Waals surface area contributed by atoms with Crippen LogP contribution in [0.3, 0.4) is 0 Å². The van der Waals surface area contributed by atoms with Gasteiger partial charge in [0.1, 0.15) is 5.60 Å². The molecule has 5 nitrogen and oxygen atoms in total. The number of ether oxygens (including phenoxy) is 1. The van der Waals surface area contributed by atoms with Crippen LogP contribution in [0.2, 0.25) is 0 Å². The molecule has 0 atom stereocenters. The van der Waals surface area contributed by atoms with Crippen LogP contribution >= 0.6 is 11.8 Å². The highest BCUT2D eigenvalue weighted by Gasteiger charge is 2.19. The minimum atomic E-state index is -0.346. The van der Waals surface area contributed by atoms with Crippen molar-refractivity contribution in [3.63, 3.8) is 0 Å². The van der Waals surface area contributed by atoms with Gasteiger partial charge in [-0.15, -0.1) is 0 Å². The van der Waals surface area contributed by atoms with Gasteiger partial charge in [0.05, 0.1) is 5.92 Å². The van der Waals surface area contributed by atoms with E-state index in [1.807, 2.05) is 83.1 Å². The Kier molecular flexibility index (Phi) is 15.8. The summed E-state index contributed by atoms with van der Waals surface area (Å²) >= 11 is 1.43. The lowest BCUT2D eigenvalue weighted by molar-refractivity contribution is -0.158. The van der Waals surface area contributed by atoms with Crippen molar-refractivity contribution < 1.29 is 19.1 Å². The maximum absolute atomic E-state index is 11.1. The standard InChI is InChI=1S/C8H17NO.C8H16O2.C8H16OS/c1-6(2)7(10)9-8(3,4)5;2*1-6(2)7(9)10-8(3,4)5/h6H,1-5H3,(H,9,10);2*6H,1-5H3. The van der Waals surface area contributed by atoms with Crippen molar-refractivity contribution in [1.82, 2.24) is 5.32 Å². The van der Waals surface area contributed by atoms with Crippen molar-refractivity contribution in [3.05, 3.63) is 0 Å². The predicted octanol–water partition coefficient (Wildman–Crippen LogP) is 6.24. The molecule has 0 fully saturated rings. The third kappa shape index (κ3) is 27.0. The van der Waals surface area contributed by atoms with Crippen LogP contribution in [0.1, 0.15) is 104 Å². The van der Waals surface area contributed by atoms with Crippen molar-refractivity contribution in [2.75, 3.05) is 0 Å². The van der Waals surface area contributed by atoms with Crippen molar-refractivity contribution in [1.29, 1.82) is 0 Å². The minimum absolute atomic E-state index is 0.0285. The van der Waals surface area contributed by atoms with Gasteiger partial charge >= 0.3 is 5.97 Å². The Morgan fingerprint density at radius 3 is 1.20 bits per heavy atom. The number of carbonyl (C=O) groups is 3. The second-order valence-electron chi connectivity index (χ2n) is 11.3. The fraction of sp³-hybridized carbons (Fsp3) is 0.875. The van der Waals surface area contributed by atoms with Crippen LogP contribution in [0.15, 0.2) is 0 Å². The smallest absolute Gasteiger partial charge is 0.308 e. The topological polar surface area (TPSA) is 72.5 Å². The molecule has 180 valence electrons. The number of hydrogen-bond donors (Lipinski definition) is 1. The molecule has 6 heteroatoms. The van der Waals surface area contributed by atoms with Gasteiger partial charge in [0.2, 0.25) is 5.91 Å². The van der Waals surface area contributed by atoms with Gasteiger partial charge in [-0.05, 0) is 41.5 Å². The first kappa shape index (κ1) is 33.6. The van der Waals surface area contributed by atoms with E-state index in [-0.39, 0.29) is 50.6 Å². The molecule has 0 bridgehead atoms. The van der Waals surface area contributed by atoms with Gasteiger partial charge in [0, 0.05) is 22.1 Å². The third-order valence-electron chi connectivity index (χ3n) is 2.78. The molecule has 1 N–H and O–H groups in total. The molecule has 0 saturated carbocycles. The zero-order chi connectivity index (χ0) is 25.1. The number of esters is 1. The lowest BCUT2D eigenvalue weighted by atomic mass is 10.1. The van der Waals surface area contributed by atoms with Gasteiger partial charge in [-0.3, -0.25) is 14.4 Å². The van der Waals surface area contributed by atoms with Crippen LogP contribution in [0.4, 0.5) is 0 Å². The number of amides is 1. The fourth-order valence-electron chi connectivity index (χ4n) is 1.35. The van der Waals surface area contributed by atoms with Crippen LogP contribution in [0.5, 0.6) is 0 Å². The van der Waals surface area contributed by atoms with Gasteiger partial charge < -0.3 is 10.1 Å². The van der Waals surface area contributed by atoms with E-state index < -0.39 is 0 Å². The molecule has 0 aliphatic rings. The fourth-order valence-corrected chi connectivity index (χ4v) is 2.19. The summed E-state index contributed by atoms with van der Waals surface area (Å²) in [6.45, 7) is 29.0. The van der Waals surface area contributed by atoms with Gasteiger partial charge in [-0.25, -0.2) is 0 Å². The zero-order valence-corrected chi connectivity index (χ0v) is 23.1. The molecule has 0 aromatic rings.